The van der Waals surface area contributed by atoms with Crippen molar-refractivity contribution in [3.05, 3.63) is 46.5 Å². The summed E-state index contributed by atoms with van der Waals surface area (Å²) in [6, 6.07) is 5.10. The Labute approximate surface area is 233 Å². The summed E-state index contributed by atoms with van der Waals surface area (Å²) in [6.45, 7) is 9.27. The zero-order valence-electron chi connectivity index (χ0n) is 24.2. The highest BCUT2D eigenvalue weighted by Gasteiger charge is 2.32. The largest absolute Gasteiger partial charge is 0.462 e. The molecular formula is C28H38N6O6. The Balaban J connectivity index is 1.73. The van der Waals surface area contributed by atoms with Crippen LogP contribution in [0.2, 0.25) is 0 Å². The number of rotatable bonds is 7. The molecule has 0 unspecified atom stereocenters. The number of hydrogen-bond donors (Lipinski definition) is 1. The summed E-state index contributed by atoms with van der Waals surface area (Å²) in [6.07, 6.45) is 5.86. The first-order valence-electron chi connectivity index (χ1n) is 13.4. The van der Waals surface area contributed by atoms with Gasteiger partial charge in [-0.1, -0.05) is 0 Å². The van der Waals surface area contributed by atoms with Gasteiger partial charge in [-0.25, -0.2) is 14.6 Å². The standard InChI is InChI=1S/C28H38N6O6/c1-8-39-25(36)19-17-29-34-22(32(6)26(37)40-27(2,3)4)16-21(31-23(19)34)30-20-10-9-15-33(24(20)35)18-11-13-28(5,38-7)14-12-18/h9-10,15-18H,8,11-14H2,1-7H3,(H,30,31)/t18-,28-. The Morgan fingerprint density at radius 3 is 2.58 bits per heavy atom. The fourth-order valence-corrected chi connectivity index (χ4v) is 4.75. The minimum absolute atomic E-state index is 0.0482. The number of esters is 1. The molecule has 4 rings (SSSR count). The first-order chi connectivity index (χ1) is 18.9. The van der Waals surface area contributed by atoms with E-state index < -0.39 is 17.7 Å². The number of anilines is 3. The second-order valence-electron chi connectivity index (χ2n) is 11.2. The van der Waals surface area contributed by atoms with Gasteiger partial charge in [0.15, 0.2) is 5.65 Å². The zero-order valence-corrected chi connectivity index (χ0v) is 24.2. The molecule has 0 atom stereocenters. The Hall–Kier alpha value is -3.93. The summed E-state index contributed by atoms with van der Waals surface area (Å²) >= 11 is 0. The highest BCUT2D eigenvalue weighted by molar-refractivity contribution is 5.97. The van der Waals surface area contributed by atoms with E-state index in [4.69, 9.17) is 14.2 Å². The van der Waals surface area contributed by atoms with E-state index >= 15 is 0 Å². The molecule has 0 radical (unpaired) electrons. The fourth-order valence-electron chi connectivity index (χ4n) is 4.75. The van der Waals surface area contributed by atoms with E-state index in [0.29, 0.717) is 5.69 Å². The van der Waals surface area contributed by atoms with Gasteiger partial charge in [-0.3, -0.25) is 9.69 Å². The third kappa shape index (κ3) is 6.11. The van der Waals surface area contributed by atoms with Crippen LogP contribution in [0.15, 0.2) is 35.4 Å². The van der Waals surface area contributed by atoms with Gasteiger partial charge in [-0.05, 0) is 72.4 Å². The predicted octanol–water partition coefficient (Wildman–Crippen LogP) is 4.70. The smallest absolute Gasteiger partial charge is 0.415 e. The van der Waals surface area contributed by atoms with Gasteiger partial charge in [0.05, 0.1) is 18.4 Å². The number of pyridine rings is 1. The summed E-state index contributed by atoms with van der Waals surface area (Å²) in [5.41, 5.74) is -0.505. The van der Waals surface area contributed by atoms with Crippen molar-refractivity contribution in [2.45, 2.75) is 77.5 Å². The van der Waals surface area contributed by atoms with E-state index in [1.807, 2.05) is 6.07 Å². The summed E-state index contributed by atoms with van der Waals surface area (Å²) < 4.78 is 19.5. The van der Waals surface area contributed by atoms with Gasteiger partial charge in [0, 0.05) is 32.5 Å². The molecule has 1 aliphatic carbocycles. The van der Waals surface area contributed by atoms with Crippen molar-refractivity contribution in [1.29, 1.82) is 0 Å². The maximum absolute atomic E-state index is 13.5. The lowest BCUT2D eigenvalue weighted by atomic mass is 9.83. The number of aromatic nitrogens is 4. The summed E-state index contributed by atoms with van der Waals surface area (Å²) in [5, 5.41) is 7.38. The molecule has 0 aromatic carbocycles. The topological polar surface area (TPSA) is 129 Å². The molecule has 12 nitrogen and oxygen atoms in total. The van der Waals surface area contributed by atoms with E-state index in [1.54, 1.807) is 57.7 Å². The van der Waals surface area contributed by atoms with Crippen LogP contribution in [-0.2, 0) is 14.2 Å². The van der Waals surface area contributed by atoms with Gasteiger partial charge in [0.2, 0.25) is 0 Å². The van der Waals surface area contributed by atoms with Crippen molar-refractivity contribution >= 4 is 35.0 Å². The molecule has 3 aromatic rings. The Kier molecular flexibility index (Phi) is 8.20. The van der Waals surface area contributed by atoms with Crippen LogP contribution in [0.1, 0.15) is 76.7 Å². The molecule has 0 spiro atoms. The number of methoxy groups -OCH3 is 1. The molecule has 1 saturated carbocycles. The fraction of sp³-hybridized carbons (Fsp3) is 0.536. The molecule has 216 valence electrons. The zero-order chi connectivity index (χ0) is 29.2. The van der Waals surface area contributed by atoms with E-state index in [9.17, 15) is 14.4 Å². The van der Waals surface area contributed by atoms with Crippen molar-refractivity contribution in [2.24, 2.45) is 0 Å². The maximum Gasteiger partial charge on any atom is 0.415 e. The van der Waals surface area contributed by atoms with Gasteiger partial charge in [0.25, 0.3) is 5.56 Å². The molecule has 12 heteroatoms. The number of amides is 1. The highest BCUT2D eigenvalue weighted by Crippen LogP contribution is 2.36. The van der Waals surface area contributed by atoms with E-state index in [0.717, 1.165) is 25.7 Å². The maximum atomic E-state index is 13.5. The molecule has 3 aromatic heterocycles. The molecule has 1 N–H and O–H groups in total. The second-order valence-corrected chi connectivity index (χ2v) is 11.2. The van der Waals surface area contributed by atoms with Crippen LogP contribution in [0, 0.1) is 0 Å². The first-order valence-corrected chi connectivity index (χ1v) is 13.4. The summed E-state index contributed by atoms with van der Waals surface area (Å²) in [5.74, 6) is -0.0791. The molecular weight excluding hydrogens is 516 g/mol. The van der Waals surface area contributed by atoms with Crippen molar-refractivity contribution in [1.82, 2.24) is 19.2 Å². The van der Waals surface area contributed by atoms with Crippen LogP contribution in [-0.4, -0.2) is 63.2 Å². The number of ether oxygens (including phenoxy) is 3. The lowest BCUT2D eigenvalue weighted by Gasteiger charge is -2.36. The van der Waals surface area contributed by atoms with Gasteiger partial charge in [0.1, 0.15) is 28.5 Å². The van der Waals surface area contributed by atoms with Crippen LogP contribution in [0.5, 0.6) is 0 Å². The lowest BCUT2D eigenvalue weighted by molar-refractivity contribution is -0.0324. The third-order valence-corrected chi connectivity index (χ3v) is 7.10. The van der Waals surface area contributed by atoms with Crippen molar-refractivity contribution in [2.75, 3.05) is 31.0 Å². The number of nitrogens with one attached hydrogen (secondary N) is 1. The van der Waals surface area contributed by atoms with Crippen LogP contribution in [0.3, 0.4) is 0 Å². The SMILES string of the molecule is CCOC(=O)c1cnn2c(N(C)C(=O)OC(C)(C)C)cc(Nc3cccn([C@H]4CC[C@](C)(OC)CC4)c3=O)nc12. The molecule has 1 aliphatic rings. The molecule has 3 heterocycles. The highest BCUT2D eigenvalue weighted by atomic mass is 16.6. The summed E-state index contributed by atoms with van der Waals surface area (Å²) in [7, 11) is 3.26. The monoisotopic (exact) mass is 554 g/mol. The van der Waals surface area contributed by atoms with Crippen molar-refractivity contribution < 1.29 is 23.8 Å². The van der Waals surface area contributed by atoms with E-state index in [-0.39, 0.29) is 46.7 Å². The average molecular weight is 555 g/mol. The molecule has 1 fully saturated rings. The normalized spacial score (nSPS) is 19.3. The van der Waals surface area contributed by atoms with Gasteiger partial charge in [-0.15, -0.1) is 0 Å². The number of carbonyl (C=O) groups is 2. The van der Waals surface area contributed by atoms with Crippen LogP contribution >= 0.6 is 0 Å². The summed E-state index contributed by atoms with van der Waals surface area (Å²) in [4.78, 5) is 44.9. The van der Waals surface area contributed by atoms with Crippen molar-refractivity contribution in [3.8, 4) is 0 Å². The Morgan fingerprint density at radius 1 is 1.25 bits per heavy atom. The number of fused-ring (bicyclic) bond motifs is 1. The van der Waals surface area contributed by atoms with Crippen LogP contribution < -0.4 is 15.8 Å². The second kappa shape index (κ2) is 11.3. The van der Waals surface area contributed by atoms with Crippen LogP contribution in [0.4, 0.5) is 22.1 Å². The minimum atomic E-state index is -0.728. The van der Waals surface area contributed by atoms with Gasteiger partial charge in [-0.2, -0.15) is 9.61 Å². The molecule has 0 aliphatic heterocycles. The third-order valence-electron chi connectivity index (χ3n) is 7.10. The number of nitrogens with zero attached hydrogens (tertiary/aromatic N) is 5. The van der Waals surface area contributed by atoms with Gasteiger partial charge < -0.3 is 24.1 Å². The van der Waals surface area contributed by atoms with E-state index in [2.05, 4.69) is 22.3 Å². The molecule has 40 heavy (non-hydrogen) atoms. The Morgan fingerprint density at radius 2 is 1.95 bits per heavy atom. The first kappa shape index (κ1) is 29.1. The lowest BCUT2D eigenvalue weighted by Crippen LogP contribution is -2.36. The molecule has 1 amide bonds. The average Bonchev–Trinajstić information content (AvgIpc) is 3.33. The number of carbonyl (C=O) groups excluding carboxylic acids is 2. The molecule has 0 bridgehead atoms. The number of hydrogen-bond acceptors (Lipinski definition) is 9. The predicted molar refractivity (Wildman–Crippen MR) is 150 cm³/mol. The van der Waals surface area contributed by atoms with Crippen LogP contribution in [0.25, 0.3) is 5.65 Å². The quantitative estimate of drug-likeness (QED) is 0.413. The van der Waals surface area contributed by atoms with Crippen molar-refractivity contribution in [3.63, 3.8) is 0 Å². The molecule has 0 saturated heterocycles. The van der Waals surface area contributed by atoms with Gasteiger partial charge >= 0.3 is 12.1 Å². The Bertz CT molecular complexity index is 1450. The van der Waals surface area contributed by atoms with E-state index in [1.165, 1.54) is 22.7 Å². The minimum Gasteiger partial charge on any atom is -0.462 e.